The standard InChI is InChI=1S/C18H19ClN2O3S/c1-2-24-17(22)15-13-5-3-4-6-14(13)25-16(15)21-18(23)20-12-9-7-11(19)8-10-12/h7-10H,2-6H2,1H3,(H2,20,21,23). The Balaban J connectivity index is 1.81. The smallest absolute Gasteiger partial charge is 0.341 e. The summed E-state index contributed by atoms with van der Waals surface area (Å²) in [6.45, 7) is 2.08. The number of urea groups is 1. The first-order valence-electron chi connectivity index (χ1n) is 8.23. The van der Waals surface area contributed by atoms with Crippen molar-refractivity contribution >= 4 is 45.6 Å². The summed E-state index contributed by atoms with van der Waals surface area (Å²) in [5.74, 6) is -0.372. The van der Waals surface area contributed by atoms with Gasteiger partial charge in [-0.05, 0) is 62.4 Å². The average molecular weight is 379 g/mol. The zero-order chi connectivity index (χ0) is 17.8. The molecule has 0 saturated carbocycles. The normalized spacial score (nSPS) is 13.0. The Bertz CT molecular complexity index is 786. The van der Waals surface area contributed by atoms with E-state index in [1.165, 1.54) is 11.3 Å². The summed E-state index contributed by atoms with van der Waals surface area (Å²) in [4.78, 5) is 25.8. The molecule has 0 bridgehead atoms. The van der Waals surface area contributed by atoms with Crippen LogP contribution in [0.2, 0.25) is 5.02 Å². The van der Waals surface area contributed by atoms with Gasteiger partial charge in [0.25, 0.3) is 0 Å². The Morgan fingerprint density at radius 1 is 1.16 bits per heavy atom. The number of anilines is 2. The van der Waals surface area contributed by atoms with Crippen LogP contribution in [-0.4, -0.2) is 18.6 Å². The van der Waals surface area contributed by atoms with E-state index >= 15 is 0 Å². The van der Waals surface area contributed by atoms with E-state index in [-0.39, 0.29) is 5.97 Å². The van der Waals surface area contributed by atoms with E-state index in [4.69, 9.17) is 16.3 Å². The van der Waals surface area contributed by atoms with E-state index in [9.17, 15) is 9.59 Å². The summed E-state index contributed by atoms with van der Waals surface area (Å²) >= 11 is 7.31. The van der Waals surface area contributed by atoms with Gasteiger partial charge in [0.2, 0.25) is 0 Å². The lowest BCUT2D eigenvalue weighted by molar-refractivity contribution is 0.0526. The Morgan fingerprint density at radius 3 is 2.60 bits per heavy atom. The molecule has 0 spiro atoms. The van der Waals surface area contributed by atoms with E-state index in [2.05, 4.69) is 10.6 Å². The highest BCUT2D eigenvalue weighted by Gasteiger charge is 2.27. The van der Waals surface area contributed by atoms with Gasteiger partial charge in [0, 0.05) is 15.6 Å². The molecule has 0 unspecified atom stereocenters. The van der Waals surface area contributed by atoms with Gasteiger partial charge in [0.15, 0.2) is 0 Å². The van der Waals surface area contributed by atoms with E-state index in [1.54, 1.807) is 31.2 Å². The molecule has 7 heteroatoms. The number of hydrogen-bond acceptors (Lipinski definition) is 4. The van der Waals surface area contributed by atoms with Crippen molar-refractivity contribution in [2.75, 3.05) is 17.2 Å². The molecule has 0 atom stereocenters. The Hall–Kier alpha value is -2.05. The number of benzene rings is 1. The second kappa shape index (κ2) is 7.89. The fraction of sp³-hybridized carbons (Fsp3) is 0.333. The number of carbonyl (C=O) groups is 2. The van der Waals surface area contributed by atoms with Crippen LogP contribution in [0.15, 0.2) is 24.3 Å². The summed E-state index contributed by atoms with van der Waals surface area (Å²) < 4.78 is 5.19. The van der Waals surface area contributed by atoms with Crippen LogP contribution in [0.3, 0.4) is 0 Å². The number of fused-ring (bicyclic) bond motifs is 1. The van der Waals surface area contributed by atoms with Crippen LogP contribution in [0.4, 0.5) is 15.5 Å². The lowest BCUT2D eigenvalue weighted by Crippen LogP contribution is -2.20. The minimum Gasteiger partial charge on any atom is -0.462 e. The molecule has 1 aliphatic rings. The van der Waals surface area contributed by atoms with Crippen LogP contribution in [0.5, 0.6) is 0 Å². The van der Waals surface area contributed by atoms with Crippen LogP contribution in [0, 0.1) is 0 Å². The number of amides is 2. The molecule has 1 heterocycles. The molecule has 0 saturated heterocycles. The molecule has 1 aromatic heterocycles. The van der Waals surface area contributed by atoms with Crippen LogP contribution in [-0.2, 0) is 17.6 Å². The summed E-state index contributed by atoms with van der Waals surface area (Å²) in [5, 5.41) is 6.70. The van der Waals surface area contributed by atoms with Gasteiger partial charge in [-0.25, -0.2) is 9.59 Å². The van der Waals surface area contributed by atoms with Gasteiger partial charge in [-0.15, -0.1) is 11.3 Å². The Kier molecular flexibility index (Phi) is 5.60. The van der Waals surface area contributed by atoms with Crippen molar-refractivity contribution in [1.29, 1.82) is 0 Å². The molecular formula is C18H19ClN2O3S. The van der Waals surface area contributed by atoms with Gasteiger partial charge in [-0.2, -0.15) is 0 Å². The topological polar surface area (TPSA) is 67.4 Å². The van der Waals surface area contributed by atoms with Crippen molar-refractivity contribution < 1.29 is 14.3 Å². The molecule has 0 fully saturated rings. The van der Waals surface area contributed by atoms with E-state index in [0.29, 0.717) is 27.9 Å². The highest BCUT2D eigenvalue weighted by atomic mass is 35.5. The number of ether oxygens (including phenoxy) is 1. The second-order valence-electron chi connectivity index (χ2n) is 5.72. The molecular weight excluding hydrogens is 360 g/mol. The SMILES string of the molecule is CCOC(=O)c1c(NC(=O)Nc2ccc(Cl)cc2)sc2c1CCCC2. The predicted molar refractivity (Wildman–Crippen MR) is 101 cm³/mol. The zero-order valence-corrected chi connectivity index (χ0v) is 15.4. The van der Waals surface area contributed by atoms with Crippen LogP contribution in [0.25, 0.3) is 0 Å². The monoisotopic (exact) mass is 378 g/mol. The number of nitrogens with one attached hydrogen (secondary N) is 2. The molecule has 132 valence electrons. The number of esters is 1. The number of aryl methyl sites for hydroxylation is 1. The molecule has 0 aliphatic heterocycles. The largest absolute Gasteiger partial charge is 0.462 e. The van der Waals surface area contributed by atoms with E-state index in [0.717, 1.165) is 36.1 Å². The van der Waals surface area contributed by atoms with Gasteiger partial charge < -0.3 is 10.1 Å². The summed E-state index contributed by atoms with van der Waals surface area (Å²) in [5.41, 5.74) is 2.16. The average Bonchev–Trinajstić information content (AvgIpc) is 2.95. The molecule has 1 aliphatic carbocycles. The molecule has 5 nitrogen and oxygen atoms in total. The highest BCUT2D eigenvalue weighted by molar-refractivity contribution is 7.17. The third-order valence-corrected chi connectivity index (χ3v) is 5.44. The summed E-state index contributed by atoms with van der Waals surface area (Å²) in [7, 11) is 0. The van der Waals surface area contributed by atoms with Gasteiger partial charge in [0.1, 0.15) is 5.00 Å². The first-order chi connectivity index (χ1) is 12.1. The third kappa shape index (κ3) is 4.14. The number of hydrogen-bond donors (Lipinski definition) is 2. The maximum absolute atomic E-state index is 12.4. The van der Waals surface area contributed by atoms with Gasteiger partial charge in [-0.3, -0.25) is 5.32 Å². The molecule has 0 radical (unpaired) electrons. The molecule has 2 N–H and O–H groups in total. The van der Waals surface area contributed by atoms with E-state index in [1.807, 2.05) is 0 Å². The maximum atomic E-state index is 12.4. The molecule has 1 aromatic carbocycles. The molecule has 2 aromatic rings. The third-order valence-electron chi connectivity index (χ3n) is 3.98. The van der Waals surface area contributed by atoms with Gasteiger partial charge >= 0.3 is 12.0 Å². The number of rotatable bonds is 4. The Morgan fingerprint density at radius 2 is 1.88 bits per heavy atom. The number of halogens is 1. The summed E-state index contributed by atoms with van der Waals surface area (Å²) in [6, 6.07) is 6.43. The van der Waals surface area contributed by atoms with Crippen LogP contribution in [0.1, 0.15) is 40.6 Å². The van der Waals surface area contributed by atoms with Crippen molar-refractivity contribution in [2.24, 2.45) is 0 Å². The van der Waals surface area contributed by atoms with Crippen molar-refractivity contribution in [2.45, 2.75) is 32.6 Å². The van der Waals surface area contributed by atoms with Crippen molar-refractivity contribution in [3.05, 3.63) is 45.3 Å². The lowest BCUT2D eigenvalue weighted by Gasteiger charge is -2.12. The maximum Gasteiger partial charge on any atom is 0.341 e. The van der Waals surface area contributed by atoms with Crippen LogP contribution < -0.4 is 10.6 Å². The fourth-order valence-corrected chi connectivity index (χ4v) is 4.27. The first kappa shape index (κ1) is 17.8. The van der Waals surface area contributed by atoms with E-state index < -0.39 is 6.03 Å². The van der Waals surface area contributed by atoms with Crippen LogP contribution >= 0.6 is 22.9 Å². The zero-order valence-electron chi connectivity index (χ0n) is 13.9. The number of thiophene rings is 1. The highest BCUT2D eigenvalue weighted by Crippen LogP contribution is 2.38. The van der Waals surface area contributed by atoms with Crippen molar-refractivity contribution in [3.63, 3.8) is 0 Å². The first-order valence-corrected chi connectivity index (χ1v) is 9.43. The molecule has 2 amide bonds. The minimum absolute atomic E-state index is 0.305. The number of carbonyl (C=O) groups excluding carboxylic acids is 2. The summed E-state index contributed by atoms with van der Waals surface area (Å²) in [6.07, 6.45) is 3.94. The quantitative estimate of drug-likeness (QED) is 0.727. The lowest BCUT2D eigenvalue weighted by atomic mass is 9.95. The van der Waals surface area contributed by atoms with Crippen molar-refractivity contribution in [3.8, 4) is 0 Å². The van der Waals surface area contributed by atoms with Gasteiger partial charge in [0.05, 0.1) is 12.2 Å². The van der Waals surface area contributed by atoms with Crippen molar-refractivity contribution in [1.82, 2.24) is 0 Å². The Labute approximate surface area is 155 Å². The van der Waals surface area contributed by atoms with Gasteiger partial charge in [-0.1, -0.05) is 11.6 Å². The second-order valence-corrected chi connectivity index (χ2v) is 7.26. The fourth-order valence-electron chi connectivity index (χ4n) is 2.87. The minimum atomic E-state index is -0.397. The predicted octanol–water partition coefficient (Wildman–Crippen LogP) is 5.10. The molecule has 25 heavy (non-hydrogen) atoms. The molecule has 3 rings (SSSR count).